The molecule has 0 spiro atoms. The predicted octanol–water partition coefficient (Wildman–Crippen LogP) is 1.64. The number of hydrogen-bond donors (Lipinski definition) is 1. The Morgan fingerprint density at radius 3 is 2.25 bits per heavy atom. The van der Waals surface area contributed by atoms with E-state index in [1.165, 1.54) is 19.4 Å². The van der Waals surface area contributed by atoms with Crippen LogP contribution in [0.15, 0.2) is 15.4 Å². The maximum absolute atomic E-state index is 12.4. The lowest BCUT2D eigenvalue weighted by Crippen LogP contribution is -2.33. The summed E-state index contributed by atoms with van der Waals surface area (Å²) in [5, 5.41) is 5.08. The Morgan fingerprint density at radius 1 is 1.20 bits per heavy atom. The van der Waals surface area contributed by atoms with Crippen molar-refractivity contribution in [1.82, 2.24) is 4.90 Å². The standard InChI is InChI=1S/C13H20N2O4S/c1-10-12(20(14,17)18)9-11(19-10)13(16)15-7-5-3-2-4-6-8-15/h9H,2-8H2,1H3,(H2,14,17,18). The lowest BCUT2D eigenvalue weighted by molar-refractivity contribution is 0.0709. The highest BCUT2D eigenvalue weighted by Gasteiger charge is 2.24. The number of hydrogen-bond acceptors (Lipinski definition) is 4. The summed E-state index contributed by atoms with van der Waals surface area (Å²) in [5.41, 5.74) is 0. The molecule has 0 aliphatic carbocycles. The fourth-order valence-corrected chi connectivity index (χ4v) is 3.17. The van der Waals surface area contributed by atoms with E-state index in [1.54, 1.807) is 4.90 Å². The minimum absolute atomic E-state index is 0.0482. The van der Waals surface area contributed by atoms with E-state index in [-0.39, 0.29) is 22.3 Å². The minimum atomic E-state index is -3.85. The Bertz CT molecular complexity index is 584. The van der Waals surface area contributed by atoms with Gasteiger partial charge >= 0.3 is 0 Å². The van der Waals surface area contributed by atoms with Gasteiger partial charge in [0.05, 0.1) is 0 Å². The third kappa shape index (κ3) is 3.40. The highest BCUT2D eigenvalue weighted by Crippen LogP contribution is 2.21. The molecular formula is C13H20N2O4S. The van der Waals surface area contributed by atoms with Crippen LogP contribution in [0.4, 0.5) is 0 Å². The van der Waals surface area contributed by atoms with E-state index in [0.29, 0.717) is 13.1 Å². The average Bonchev–Trinajstić information content (AvgIpc) is 2.70. The molecular weight excluding hydrogens is 280 g/mol. The Hall–Kier alpha value is -1.34. The first-order valence-corrected chi connectivity index (χ1v) is 8.37. The molecule has 1 amide bonds. The van der Waals surface area contributed by atoms with Gasteiger partial charge < -0.3 is 9.32 Å². The van der Waals surface area contributed by atoms with Crippen molar-refractivity contribution >= 4 is 15.9 Å². The second-order valence-electron chi connectivity index (χ2n) is 5.14. The van der Waals surface area contributed by atoms with Crippen molar-refractivity contribution in [3.63, 3.8) is 0 Å². The number of nitrogens with zero attached hydrogens (tertiary/aromatic N) is 1. The second-order valence-corrected chi connectivity index (χ2v) is 6.67. The summed E-state index contributed by atoms with van der Waals surface area (Å²) in [6.45, 7) is 2.86. The summed E-state index contributed by atoms with van der Waals surface area (Å²) < 4.78 is 28.0. The molecule has 1 aromatic rings. The highest BCUT2D eigenvalue weighted by molar-refractivity contribution is 7.89. The van der Waals surface area contributed by atoms with Crippen molar-refractivity contribution in [2.24, 2.45) is 5.14 Å². The average molecular weight is 300 g/mol. The van der Waals surface area contributed by atoms with Crippen molar-refractivity contribution in [2.45, 2.75) is 43.9 Å². The monoisotopic (exact) mass is 300 g/mol. The topological polar surface area (TPSA) is 93.6 Å². The summed E-state index contributed by atoms with van der Waals surface area (Å²) >= 11 is 0. The molecule has 0 unspecified atom stereocenters. The van der Waals surface area contributed by atoms with Crippen LogP contribution in [0.25, 0.3) is 0 Å². The number of carbonyl (C=O) groups is 1. The first-order chi connectivity index (χ1) is 9.39. The zero-order valence-electron chi connectivity index (χ0n) is 11.6. The fraction of sp³-hybridized carbons (Fsp3) is 0.615. The molecule has 0 aromatic carbocycles. The molecule has 0 bridgehead atoms. The van der Waals surface area contributed by atoms with E-state index in [0.717, 1.165) is 25.7 Å². The molecule has 0 radical (unpaired) electrons. The van der Waals surface area contributed by atoms with Crippen molar-refractivity contribution in [3.05, 3.63) is 17.6 Å². The number of furan rings is 1. The van der Waals surface area contributed by atoms with Crippen molar-refractivity contribution in [2.75, 3.05) is 13.1 Å². The van der Waals surface area contributed by atoms with Crippen LogP contribution < -0.4 is 5.14 Å². The molecule has 1 aromatic heterocycles. The van der Waals surface area contributed by atoms with Crippen molar-refractivity contribution < 1.29 is 17.6 Å². The molecule has 1 aliphatic heterocycles. The van der Waals surface area contributed by atoms with Crippen LogP contribution in [0.2, 0.25) is 0 Å². The van der Waals surface area contributed by atoms with Gasteiger partial charge in [0.15, 0.2) is 5.76 Å². The van der Waals surface area contributed by atoms with Gasteiger partial charge in [0, 0.05) is 19.2 Å². The van der Waals surface area contributed by atoms with Crippen LogP contribution >= 0.6 is 0 Å². The Morgan fingerprint density at radius 2 is 1.75 bits per heavy atom. The van der Waals surface area contributed by atoms with Crippen LogP contribution in [0.3, 0.4) is 0 Å². The first kappa shape index (κ1) is 15.1. The van der Waals surface area contributed by atoms with Gasteiger partial charge in [0.2, 0.25) is 10.0 Å². The molecule has 1 saturated heterocycles. The molecule has 0 atom stereocenters. The van der Waals surface area contributed by atoms with E-state index in [4.69, 9.17) is 9.56 Å². The van der Waals surface area contributed by atoms with E-state index >= 15 is 0 Å². The summed E-state index contributed by atoms with van der Waals surface area (Å²) in [4.78, 5) is 14.0. The number of carbonyl (C=O) groups excluding carboxylic acids is 1. The number of likely N-dealkylation sites (tertiary alicyclic amines) is 1. The smallest absolute Gasteiger partial charge is 0.289 e. The first-order valence-electron chi connectivity index (χ1n) is 6.82. The maximum atomic E-state index is 12.4. The lowest BCUT2D eigenvalue weighted by Gasteiger charge is -2.23. The summed E-state index contributed by atoms with van der Waals surface area (Å²) in [5.74, 6) is -0.0557. The molecule has 0 saturated carbocycles. The number of sulfonamides is 1. The zero-order chi connectivity index (χ0) is 14.8. The number of aryl methyl sites for hydroxylation is 1. The minimum Gasteiger partial charge on any atom is -0.455 e. The molecule has 1 aliphatic rings. The molecule has 2 rings (SSSR count). The Balaban J connectivity index is 2.20. The third-order valence-electron chi connectivity index (χ3n) is 3.53. The SMILES string of the molecule is Cc1oc(C(=O)N2CCCCCCC2)cc1S(N)(=O)=O. The molecule has 7 heteroatoms. The van der Waals surface area contributed by atoms with Gasteiger partial charge in [-0.15, -0.1) is 0 Å². The number of rotatable bonds is 2. The van der Waals surface area contributed by atoms with E-state index < -0.39 is 10.0 Å². The van der Waals surface area contributed by atoms with E-state index in [2.05, 4.69) is 0 Å². The van der Waals surface area contributed by atoms with Crippen LogP contribution in [-0.2, 0) is 10.0 Å². The molecule has 1 fully saturated rings. The van der Waals surface area contributed by atoms with Crippen LogP contribution in [0.5, 0.6) is 0 Å². The van der Waals surface area contributed by atoms with Gasteiger partial charge in [-0.2, -0.15) is 0 Å². The van der Waals surface area contributed by atoms with Crippen LogP contribution in [-0.4, -0.2) is 32.3 Å². The number of amides is 1. The number of nitrogens with two attached hydrogens (primary N) is 1. The fourth-order valence-electron chi connectivity index (χ4n) is 2.46. The molecule has 6 nitrogen and oxygen atoms in total. The van der Waals surface area contributed by atoms with Crippen LogP contribution in [0.1, 0.15) is 48.4 Å². The summed E-state index contributed by atoms with van der Waals surface area (Å²) in [6, 6.07) is 1.23. The van der Waals surface area contributed by atoms with Gasteiger partial charge in [-0.3, -0.25) is 4.79 Å². The van der Waals surface area contributed by atoms with Gasteiger partial charge in [-0.25, -0.2) is 13.6 Å². The lowest BCUT2D eigenvalue weighted by atomic mass is 10.1. The predicted molar refractivity (Wildman–Crippen MR) is 73.8 cm³/mol. The number of primary sulfonamides is 1. The molecule has 112 valence electrons. The van der Waals surface area contributed by atoms with Gasteiger partial charge in [0.25, 0.3) is 5.91 Å². The second kappa shape index (κ2) is 5.97. The summed E-state index contributed by atoms with van der Waals surface area (Å²) in [6.07, 6.45) is 5.37. The Kier molecular flexibility index (Phi) is 4.49. The van der Waals surface area contributed by atoms with Gasteiger partial charge in [-0.1, -0.05) is 19.3 Å². The Labute approximate surface area is 119 Å². The van der Waals surface area contributed by atoms with Gasteiger partial charge in [0.1, 0.15) is 10.7 Å². The maximum Gasteiger partial charge on any atom is 0.289 e. The van der Waals surface area contributed by atoms with Crippen LogP contribution in [0, 0.1) is 6.92 Å². The third-order valence-corrected chi connectivity index (χ3v) is 4.55. The van der Waals surface area contributed by atoms with Crippen molar-refractivity contribution in [1.29, 1.82) is 0 Å². The summed E-state index contributed by atoms with van der Waals surface area (Å²) in [7, 11) is -3.85. The molecule has 2 heterocycles. The zero-order valence-corrected chi connectivity index (χ0v) is 12.4. The quantitative estimate of drug-likeness (QED) is 0.898. The normalized spacial score (nSPS) is 17.6. The van der Waals surface area contributed by atoms with E-state index in [9.17, 15) is 13.2 Å². The molecule has 20 heavy (non-hydrogen) atoms. The molecule has 2 N–H and O–H groups in total. The van der Waals surface area contributed by atoms with Crippen molar-refractivity contribution in [3.8, 4) is 0 Å². The largest absolute Gasteiger partial charge is 0.455 e. The van der Waals surface area contributed by atoms with Gasteiger partial charge in [-0.05, 0) is 19.8 Å². The van der Waals surface area contributed by atoms with E-state index in [1.807, 2.05) is 0 Å². The highest BCUT2D eigenvalue weighted by atomic mass is 32.2.